The van der Waals surface area contributed by atoms with E-state index < -0.39 is 15.1 Å². The van der Waals surface area contributed by atoms with Crippen molar-refractivity contribution in [3.63, 3.8) is 0 Å². The molecule has 0 amide bonds. The van der Waals surface area contributed by atoms with Gasteiger partial charge in [0, 0.05) is 6.54 Å². The zero-order valence-electron chi connectivity index (χ0n) is 8.87. The maximum Gasteiger partial charge on any atom is 0.301 e. The molecule has 0 saturated heterocycles. The van der Waals surface area contributed by atoms with Gasteiger partial charge in [-0.1, -0.05) is 12.8 Å². The van der Waals surface area contributed by atoms with E-state index >= 15 is 0 Å². The average molecular weight is 239 g/mol. The first-order chi connectivity index (χ1) is 6.83. The third kappa shape index (κ3) is 3.70. The van der Waals surface area contributed by atoms with Crippen molar-refractivity contribution >= 4 is 10.1 Å². The van der Waals surface area contributed by atoms with Gasteiger partial charge in [0.1, 0.15) is 0 Å². The van der Waals surface area contributed by atoms with Crippen LogP contribution in [0.15, 0.2) is 0 Å². The van der Waals surface area contributed by atoms with Crippen LogP contribution in [0.2, 0.25) is 0 Å². The predicted molar refractivity (Wildman–Crippen MR) is 55.9 cm³/mol. The van der Waals surface area contributed by atoms with Crippen LogP contribution >= 0.6 is 0 Å². The van der Waals surface area contributed by atoms with Gasteiger partial charge >= 0.3 is 10.1 Å². The molecule has 15 heavy (non-hydrogen) atoms. The molecule has 2 N–H and O–H groups in total. The van der Waals surface area contributed by atoms with Crippen molar-refractivity contribution in [1.29, 1.82) is 0 Å². The molecular weight excluding hydrogens is 221 g/mol. The summed E-state index contributed by atoms with van der Waals surface area (Å²) in [5.41, 5.74) is 0. The number of rotatable bonds is 5. The molecule has 1 saturated carbocycles. The second-order valence-electron chi connectivity index (χ2n) is 4.36. The van der Waals surface area contributed by atoms with Crippen LogP contribution in [0.4, 0.5) is 4.39 Å². The van der Waals surface area contributed by atoms with E-state index in [0.29, 0.717) is 12.5 Å². The largest absolute Gasteiger partial charge is 0.312 e. The quantitative estimate of drug-likeness (QED) is 0.710. The molecule has 0 aromatic carbocycles. The summed E-state index contributed by atoms with van der Waals surface area (Å²) in [5.74, 6) is 0.516. The first-order valence-electron chi connectivity index (χ1n) is 5.19. The first-order valence-corrected chi connectivity index (χ1v) is 6.63. The molecule has 0 radical (unpaired) electrons. The molecule has 4 nitrogen and oxygen atoms in total. The van der Waals surface area contributed by atoms with E-state index in [-0.39, 0.29) is 6.54 Å². The Bertz CT molecular complexity index is 296. The van der Waals surface area contributed by atoms with Crippen molar-refractivity contribution in [1.82, 2.24) is 5.32 Å². The lowest BCUT2D eigenvalue weighted by molar-refractivity contribution is 0.253. The summed E-state index contributed by atoms with van der Waals surface area (Å²) >= 11 is 0. The highest BCUT2D eigenvalue weighted by atomic mass is 32.2. The second-order valence-corrected chi connectivity index (χ2v) is 6.16. The molecule has 0 bridgehead atoms. The molecule has 1 fully saturated rings. The monoisotopic (exact) mass is 239 g/mol. The van der Waals surface area contributed by atoms with Gasteiger partial charge in [0.05, 0.1) is 0 Å². The lowest BCUT2D eigenvalue weighted by Gasteiger charge is -2.18. The maximum atomic E-state index is 13.4. The highest BCUT2D eigenvalue weighted by molar-refractivity contribution is 7.87. The Morgan fingerprint density at radius 2 is 2.00 bits per heavy atom. The van der Waals surface area contributed by atoms with E-state index in [0.717, 1.165) is 19.8 Å². The topological polar surface area (TPSA) is 66.4 Å². The Kier molecular flexibility index (Phi) is 4.08. The zero-order chi connectivity index (χ0) is 11.5. The molecule has 1 rings (SSSR count). The smallest absolute Gasteiger partial charge is 0.301 e. The number of halogens is 1. The molecule has 1 atom stereocenters. The molecule has 90 valence electrons. The van der Waals surface area contributed by atoms with Crippen LogP contribution in [-0.4, -0.2) is 31.1 Å². The molecule has 0 aliphatic heterocycles. The van der Waals surface area contributed by atoms with E-state index in [1.165, 1.54) is 12.8 Å². The van der Waals surface area contributed by atoms with Gasteiger partial charge in [-0.15, -0.1) is 0 Å². The fraction of sp³-hybridized carbons (Fsp3) is 1.00. The van der Waals surface area contributed by atoms with Crippen LogP contribution < -0.4 is 5.32 Å². The summed E-state index contributed by atoms with van der Waals surface area (Å²) in [7, 11) is -4.63. The molecule has 6 heteroatoms. The van der Waals surface area contributed by atoms with Crippen molar-refractivity contribution in [3.8, 4) is 0 Å². The number of hydrogen-bond donors (Lipinski definition) is 2. The highest BCUT2D eigenvalue weighted by Crippen LogP contribution is 2.24. The van der Waals surface area contributed by atoms with Gasteiger partial charge in [-0.3, -0.25) is 4.55 Å². The molecular formula is C9H18FNO3S. The summed E-state index contributed by atoms with van der Waals surface area (Å²) in [6.07, 6.45) is 4.61. The van der Waals surface area contributed by atoms with Crippen LogP contribution in [-0.2, 0) is 10.1 Å². The summed E-state index contributed by atoms with van der Waals surface area (Å²) in [6.45, 7) is 1.13. The van der Waals surface area contributed by atoms with Crippen LogP contribution in [0, 0.1) is 5.92 Å². The first kappa shape index (κ1) is 12.9. The van der Waals surface area contributed by atoms with Gasteiger partial charge < -0.3 is 5.32 Å². The van der Waals surface area contributed by atoms with Gasteiger partial charge in [-0.05, 0) is 32.2 Å². The summed E-state index contributed by atoms with van der Waals surface area (Å²) in [4.78, 5) is 0. The second kappa shape index (κ2) is 4.76. The summed E-state index contributed by atoms with van der Waals surface area (Å²) in [6, 6.07) is 0. The minimum Gasteiger partial charge on any atom is -0.312 e. The average Bonchev–Trinajstić information content (AvgIpc) is 2.54. The SMILES string of the molecule is CC(F)(CNCC1CCCC1)S(=O)(=O)O. The van der Waals surface area contributed by atoms with Gasteiger partial charge in [0.2, 0.25) is 5.00 Å². The Labute approximate surface area is 90.0 Å². The molecule has 1 unspecified atom stereocenters. The summed E-state index contributed by atoms with van der Waals surface area (Å²) in [5, 5.41) is 0.168. The van der Waals surface area contributed by atoms with Gasteiger partial charge in [-0.2, -0.15) is 8.42 Å². The van der Waals surface area contributed by atoms with E-state index in [1.807, 2.05) is 0 Å². The van der Waals surface area contributed by atoms with Crippen molar-refractivity contribution in [3.05, 3.63) is 0 Å². The van der Waals surface area contributed by atoms with E-state index in [2.05, 4.69) is 5.32 Å². The minimum atomic E-state index is -4.63. The molecule has 0 aromatic rings. The van der Waals surface area contributed by atoms with Crippen LogP contribution in [0.25, 0.3) is 0 Å². The van der Waals surface area contributed by atoms with Crippen LogP contribution in [0.5, 0.6) is 0 Å². The van der Waals surface area contributed by atoms with Crippen molar-refractivity contribution in [2.24, 2.45) is 5.92 Å². The molecule has 0 heterocycles. The lowest BCUT2D eigenvalue weighted by Crippen LogP contribution is -2.41. The fourth-order valence-corrected chi connectivity index (χ4v) is 2.09. The molecule has 0 aromatic heterocycles. The van der Waals surface area contributed by atoms with Crippen molar-refractivity contribution < 1.29 is 17.4 Å². The molecule has 0 spiro atoms. The normalized spacial score (nSPS) is 22.9. The Hall–Kier alpha value is -0.200. The predicted octanol–water partition coefficient (Wildman–Crippen LogP) is 1.34. The molecule has 1 aliphatic rings. The fourth-order valence-electron chi connectivity index (χ4n) is 1.81. The van der Waals surface area contributed by atoms with Crippen molar-refractivity contribution in [2.45, 2.75) is 37.6 Å². The van der Waals surface area contributed by atoms with E-state index in [4.69, 9.17) is 4.55 Å². The third-order valence-electron chi connectivity index (χ3n) is 2.89. The van der Waals surface area contributed by atoms with Crippen LogP contribution in [0.1, 0.15) is 32.6 Å². The maximum absolute atomic E-state index is 13.4. The van der Waals surface area contributed by atoms with Gasteiger partial charge in [0.15, 0.2) is 0 Å². The number of nitrogens with one attached hydrogen (secondary N) is 1. The van der Waals surface area contributed by atoms with Crippen molar-refractivity contribution in [2.75, 3.05) is 13.1 Å². The number of alkyl halides is 1. The Balaban J connectivity index is 2.30. The number of hydrogen-bond acceptors (Lipinski definition) is 3. The Morgan fingerprint density at radius 1 is 1.47 bits per heavy atom. The lowest BCUT2D eigenvalue weighted by atomic mass is 10.1. The molecule has 1 aliphatic carbocycles. The summed E-state index contributed by atoms with van der Waals surface area (Å²) < 4.78 is 43.2. The minimum absolute atomic E-state index is 0.359. The van der Waals surface area contributed by atoms with Gasteiger partial charge in [-0.25, -0.2) is 4.39 Å². The van der Waals surface area contributed by atoms with E-state index in [1.54, 1.807) is 0 Å². The van der Waals surface area contributed by atoms with Gasteiger partial charge in [0.25, 0.3) is 0 Å². The standard InChI is InChI=1S/C9H18FNO3S/c1-9(10,15(12,13)14)7-11-6-8-4-2-3-5-8/h8,11H,2-7H2,1H3,(H,12,13,14). The van der Waals surface area contributed by atoms with E-state index in [9.17, 15) is 12.8 Å². The van der Waals surface area contributed by atoms with Crippen LogP contribution in [0.3, 0.4) is 0 Å². The highest BCUT2D eigenvalue weighted by Gasteiger charge is 2.37. The Morgan fingerprint density at radius 3 is 2.47 bits per heavy atom. The zero-order valence-corrected chi connectivity index (χ0v) is 9.69. The third-order valence-corrected chi connectivity index (χ3v) is 4.11.